The lowest BCUT2D eigenvalue weighted by atomic mass is 10.1. The molecule has 0 saturated heterocycles. The van der Waals surface area contributed by atoms with E-state index in [0.29, 0.717) is 48.5 Å². The molecule has 0 atom stereocenters. The van der Waals surface area contributed by atoms with E-state index < -0.39 is 5.82 Å². The van der Waals surface area contributed by atoms with Crippen molar-refractivity contribution in [1.29, 1.82) is 0 Å². The highest BCUT2D eigenvalue weighted by molar-refractivity contribution is 5.83. The van der Waals surface area contributed by atoms with E-state index in [1.165, 1.54) is 10.1 Å². The molecular formula is C28H31N5O6. The number of hydrogen-bond donors (Lipinski definition) is 0. The van der Waals surface area contributed by atoms with E-state index in [2.05, 4.69) is 11.2 Å². The number of rotatable bonds is 10. The number of fused-ring (bicyclic) bond motifs is 1. The third-order valence-electron chi connectivity index (χ3n) is 6.69. The van der Waals surface area contributed by atoms with Gasteiger partial charge in [-0.15, -0.1) is 0 Å². The minimum Gasteiger partial charge on any atom is -0.396 e. The minimum atomic E-state index is -0.798. The van der Waals surface area contributed by atoms with Crippen LogP contribution < -0.4 is 17.1 Å². The molecule has 4 heterocycles. The third kappa shape index (κ3) is 5.05. The Morgan fingerprint density at radius 1 is 1.00 bits per heavy atom. The molecule has 4 aromatic heterocycles. The SMILES string of the molecule is CCCn1c(=O)c2c(cc(-c3cnn(Cc4cccc(C)c4)c3)n2COCc2oc(=O)oc2C)n(CC)c1=O. The zero-order valence-corrected chi connectivity index (χ0v) is 22.5. The fourth-order valence-corrected chi connectivity index (χ4v) is 4.84. The van der Waals surface area contributed by atoms with Crippen LogP contribution in [0.5, 0.6) is 0 Å². The average Bonchev–Trinajstić information content (AvgIpc) is 3.59. The van der Waals surface area contributed by atoms with Gasteiger partial charge in [-0.1, -0.05) is 36.8 Å². The van der Waals surface area contributed by atoms with Crippen LogP contribution >= 0.6 is 0 Å². The van der Waals surface area contributed by atoms with Gasteiger partial charge in [-0.05, 0) is 38.8 Å². The molecule has 0 unspecified atom stereocenters. The van der Waals surface area contributed by atoms with Crippen molar-refractivity contribution in [2.45, 2.75) is 67.1 Å². The Morgan fingerprint density at radius 3 is 2.51 bits per heavy atom. The first-order valence-electron chi connectivity index (χ1n) is 12.9. The van der Waals surface area contributed by atoms with Crippen LogP contribution in [0.15, 0.2) is 65.9 Å². The molecule has 204 valence electrons. The summed E-state index contributed by atoms with van der Waals surface area (Å²) in [6, 6.07) is 10.0. The molecule has 0 spiro atoms. The van der Waals surface area contributed by atoms with Crippen molar-refractivity contribution in [3.8, 4) is 11.3 Å². The van der Waals surface area contributed by atoms with E-state index >= 15 is 0 Å². The Kier molecular flexibility index (Phi) is 7.25. The number of nitrogens with zero attached hydrogens (tertiary/aromatic N) is 5. The number of aryl methyl sites for hydroxylation is 3. The van der Waals surface area contributed by atoms with Crippen molar-refractivity contribution in [3.05, 3.63) is 96.8 Å². The first kappa shape index (κ1) is 26.2. The molecule has 11 heteroatoms. The monoisotopic (exact) mass is 533 g/mol. The maximum Gasteiger partial charge on any atom is 0.519 e. The van der Waals surface area contributed by atoms with Gasteiger partial charge < -0.3 is 18.1 Å². The van der Waals surface area contributed by atoms with Gasteiger partial charge in [-0.3, -0.25) is 18.6 Å². The Hall–Kier alpha value is -4.38. The van der Waals surface area contributed by atoms with Gasteiger partial charge in [0.1, 0.15) is 24.6 Å². The zero-order chi connectivity index (χ0) is 27.7. The van der Waals surface area contributed by atoms with Crippen LogP contribution in [0.25, 0.3) is 22.3 Å². The molecule has 11 nitrogen and oxygen atoms in total. The number of benzene rings is 1. The van der Waals surface area contributed by atoms with Crippen LogP contribution in [0.3, 0.4) is 0 Å². The predicted octanol–water partition coefficient (Wildman–Crippen LogP) is 3.64. The standard InChI is InChI=1S/C28H31N5O6/c1-5-10-32-26(34)25-23(31(6-2)27(32)35)12-22(33(25)17-37-16-24-19(4)38-28(36)39-24)21-13-29-30(15-21)14-20-9-7-8-18(3)11-20/h7-9,11-13,15H,5-6,10,14,16-17H2,1-4H3. The summed E-state index contributed by atoms with van der Waals surface area (Å²) in [5.74, 6) is -0.188. The van der Waals surface area contributed by atoms with Gasteiger partial charge in [0, 0.05) is 24.8 Å². The average molecular weight is 534 g/mol. The van der Waals surface area contributed by atoms with Gasteiger partial charge in [0.05, 0.1) is 24.0 Å². The summed E-state index contributed by atoms with van der Waals surface area (Å²) in [6.45, 7) is 8.69. The normalized spacial score (nSPS) is 11.6. The second-order valence-corrected chi connectivity index (χ2v) is 9.50. The molecule has 39 heavy (non-hydrogen) atoms. The summed E-state index contributed by atoms with van der Waals surface area (Å²) in [5.41, 5.74) is 3.90. The highest BCUT2D eigenvalue weighted by Crippen LogP contribution is 2.27. The second kappa shape index (κ2) is 10.8. The minimum absolute atomic E-state index is 0.0279. The van der Waals surface area contributed by atoms with Crippen LogP contribution in [0.2, 0.25) is 0 Å². The van der Waals surface area contributed by atoms with E-state index in [9.17, 15) is 14.4 Å². The Morgan fingerprint density at radius 2 is 1.82 bits per heavy atom. The Labute approximate surface area is 223 Å². The van der Waals surface area contributed by atoms with Gasteiger partial charge in [-0.25, -0.2) is 9.59 Å². The Balaban J connectivity index is 1.60. The molecule has 0 aliphatic rings. The predicted molar refractivity (Wildman–Crippen MR) is 145 cm³/mol. The molecule has 5 rings (SSSR count). The lowest BCUT2D eigenvalue weighted by molar-refractivity contribution is 0.0553. The molecule has 0 N–H and O–H groups in total. The first-order chi connectivity index (χ1) is 18.8. The summed E-state index contributed by atoms with van der Waals surface area (Å²) in [4.78, 5) is 38.2. The van der Waals surface area contributed by atoms with Crippen LogP contribution in [0, 0.1) is 13.8 Å². The van der Waals surface area contributed by atoms with Gasteiger partial charge in [0.2, 0.25) is 0 Å². The van der Waals surface area contributed by atoms with E-state index in [4.69, 9.17) is 13.6 Å². The maximum atomic E-state index is 13.6. The molecule has 0 fully saturated rings. The van der Waals surface area contributed by atoms with Crippen molar-refractivity contribution in [2.24, 2.45) is 0 Å². The van der Waals surface area contributed by atoms with Crippen molar-refractivity contribution < 1.29 is 13.6 Å². The molecule has 0 amide bonds. The summed E-state index contributed by atoms with van der Waals surface area (Å²) in [5, 5.41) is 4.55. The first-order valence-corrected chi connectivity index (χ1v) is 12.9. The Bertz CT molecular complexity index is 1810. The zero-order valence-electron chi connectivity index (χ0n) is 22.5. The highest BCUT2D eigenvalue weighted by Gasteiger charge is 2.21. The number of aromatic nitrogens is 5. The molecule has 0 bridgehead atoms. The smallest absolute Gasteiger partial charge is 0.396 e. The molecule has 0 aliphatic heterocycles. The topological polar surface area (TPSA) is 119 Å². The molecule has 5 aromatic rings. The summed E-state index contributed by atoms with van der Waals surface area (Å²) in [6.07, 6.45) is 4.28. The van der Waals surface area contributed by atoms with Crippen LogP contribution in [-0.2, 0) is 37.7 Å². The fraction of sp³-hybridized carbons (Fsp3) is 0.357. The lowest BCUT2D eigenvalue weighted by Gasteiger charge is -2.13. The van der Waals surface area contributed by atoms with Crippen molar-refractivity contribution >= 4 is 11.0 Å². The van der Waals surface area contributed by atoms with E-state index in [-0.39, 0.29) is 30.3 Å². The van der Waals surface area contributed by atoms with E-state index in [1.807, 2.05) is 55.9 Å². The van der Waals surface area contributed by atoms with Crippen LogP contribution in [-0.4, -0.2) is 23.5 Å². The molecule has 0 saturated carbocycles. The van der Waals surface area contributed by atoms with Crippen molar-refractivity contribution in [3.63, 3.8) is 0 Å². The van der Waals surface area contributed by atoms with Gasteiger partial charge in [0.15, 0.2) is 5.76 Å². The number of ether oxygens (including phenoxy) is 1. The highest BCUT2D eigenvalue weighted by atomic mass is 16.6. The van der Waals surface area contributed by atoms with Gasteiger partial charge in [0.25, 0.3) is 5.56 Å². The number of hydrogen-bond acceptors (Lipinski definition) is 7. The fourth-order valence-electron chi connectivity index (χ4n) is 4.84. The quantitative estimate of drug-likeness (QED) is 0.269. The molecule has 0 aliphatic carbocycles. The molecular weight excluding hydrogens is 502 g/mol. The maximum absolute atomic E-state index is 13.6. The molecule has 1 aromatic carbocycles. The largest absolute Gasteiger partial charge is 0.519 e. The third-order valence-corrected chi connectivity index (χ3v) is 6.69. The van der Waals surface area contributed by atoms with Crippen molar-refractivity contribution in [2.75, 3.05) is 0 Å². The van der Waals surface area contributed by atoms with Crippen molar-refractivity contribution in [1.82, 2.24) is 23.5 Å². The second-order valence-electron chi connectivity index (χ2n) is 9.50. The van der Waals surface area contributed by atoms with E-state index in [1.54, 1.807) is 22.3 Å². The van der Waals surface area contributed by atoms with Gasteiger partial charge in [-0.2, -0.15) is 5.10 Å². The molecule has 0 radical (unpaired) electrons. The summed E-state index contributed by atoms with van der Waals surface area (Å²) >= 11 is 0. The lowest BCUT2D eigenvalue weighted by Crippen LogP contribution is -2.40. The van der Waals surface area contributed by atoms with Crippen LogP contribution in [0.4, 0.5) is 0 Å². The summed E-state index contributed by atoms with van der Waals surface area (Å²) in [7, 11) is 0. The van der Waals surface area contributed by atoms with E-state index in [0.717, 1.165) is 11.1 Å². The van der Waals surface area contributed by atoms with Gasteiger partial charge >= 0.3 is 11.5 Å². The van der Waals surface area contributed by atoms with Crippen LogP contribution in [0.1, 0.15) is 42.9 Å². The summed E-state index contributed by atoms with van der Waals surface area (Å²) < 4.78 is 22.3.